The van der Waals surface area contributed by atoms with E-state index in [0.29, 0.717) is 24.7 Å². The number of aliphatic imine (C=N–C) groups is 4. The number of hydrogen-bond donors (Lipinski definition) is 13. The Labute approximate surface area is 617 Å². The van der Waals surface area contributed by atoms with Crippen LogP contribution in [0, 0.1) is 0 Å². The second-order valence-electron chi connectivity index (χ2n) is 32.1. The average molecular weight is 1530 g/mol. The summed E-state index contributed by atoms with van der Waals surface area (Å²) < 4.78 is 76.2. The Hall–Kier alpha value is -6.82. The van der Waals surface area contributed by atoms with Crippen molar-refractivity contribution in [1.29, 1.82) is 0 Å². The molecule has 0 aromatic carbocycles. The summed E-state index contributed by atoms with van der Waals surface area (Å²) in [5.74, 6) is -1.59. The van der Waals surface area contributed by atoms with Crippen molar-refractivity contribution in [2.45, 2.75) is 303 Å². The van der Waals surface area contributed by atoms with Crippen LogP contribution < -0.4 is 42.5 Å². The largest absolute Gasteiger partial charge is 0.444 e. The quantitative estimate of drug-likeness (QED) is 0.0283. The second-order valence-corrected chi connectivity index (χ2v) is 33.7. The number of thiol groups is 1. The Balaban J connectivity index is 2.63. The van der Waals surface area contributed by atoms with E-state index in [9.17, 15) is 58.8 Å². The lowest BCUT2D eigenvalue weighted by Crippen LogP contribution is -2.71. The molecule has 0 aromatic rings. The van der Waals surface area contributed by atoms with Crippen LogP contribution in [0.15, 0.2) is 20.0 Å². The molecular weight excluding hydrogens is 1410 g/mol. The summed E-state index contributed by atoms with van der Waals surface area (Å²) in [7, 11) is 0. The maximum absolute atomic E-state index is 13.9. The molecule has 8 amide bonds. The van der Waals surface area contributed by atoms with Crippen molar-refractivity contribution in [2.24, 2.45) is 20.0 Å². The average Bonchev–Trinajstić information content (AvgIpc) is 1.02. The normalized spacial score (nSPS) is 24.9. The molecule has 1 saturated carbocycles. The van der Waals surface area contributed by atoms with Gasteiger partial charge in [0.15, 0.2) is 12.6 Å². The molecular formula is C65H114N12O25S2. The highest BCUT2D eigenvalue weighted by molar-refractivity contribution is 7.99. The van der Waals surface area contributed by atoms with Crippen molar-refractivity contribution < 1.29 is 120 Å². The molecule has 0 radical (unpaired) electrons. The van der Waals surface area contributed by atoms with Crippen LogP contribution in [0.2, 0.25) is 0 Å². The molecule has 3 aliphatic rings. The Morgan fingerprint density at radius 2 is 0.798 bits per heavy atom. The number of nitrogens with one attached hydrogen (secondary N) is 8. The Morgan fingerprint density at radius 1 is 0.433 bits per heavy atom. The summed E-state index contributed by atoms with van der Waals surface area (Å²) in [6, 6.07) is -5.28. The standard InChI is InChI=1S/C65H114N12O25S2/c1-58(2,3)95-50(82)70-46(71-51(83)96-59(4,5)6)66-31-37-40(80)41(81)38(69-49(76-56(88)101-64(19,20)21)77-57(89)102-65(22,23)24)45(92-37)93-42-35(68-48(74-54(86)99-62(13,14)15)75-55(87)100-63(16,17)18)30-34(67-47(72-52(84)97-60(7,8)9)73-53(85)98-61(10,11)12)39(79)43(42)94-44-36(78)29-33(91-44)32-104-28-26-90-25-27-103/h33-45,78-81,103H,25-32H2,1-24H3,(H2,66,70,71,82,83)(H2,67,72,73,84,85)(H2,68,74,75,86,87)(H2,69,76,77,88,89). The number of guanidine groups is 4. The summed E-state index contributed by atoms with van der Waals surface area (Å²) >= 11 is 5.61. The number of aliphatic hydroxyl groups is 4. The molecule has 37 nitrogen and oxygen atoms in total. The Morgan fingerprint density at radius 3 is 1.19 bits per heavy atom. The lowest BCUT2D eigenvalue weighted by Gasteiger charge is -2.49. The van der Waals surface area contributed by atoms with Gasteiger partial charge < -0.3 is 103 Å². The van der Waals surface area contributed by atoms with Crippen molar-refractivity contribution in [1.82, 2.24) is 42.5 Å². The van der Waals surface area contributed by atoms with E-state index < -0.39 is 210 Å². The molecule has 13 unspecified atom stereocenters. The zero-order valence-electron chi connectivity index (χ0n) is 64.2. The van der Waals surface area contributed by atoms with Crippen LogP contribution >= 0.6 is 24.4 Å². The third-order valence-corrected chi connectivity index (χ3v) is 13.8. The number of hydrogen-bond acceptors (Lipinski definition) is 27. The first-order valence-electron chi connectivity index (χ1n) is 33.7. The molecule has 13 atom stereocenters. The molecule has 12 N–H and O–H groups in total. The van der Waals surface area contributed by atoms with E-state index in [0.717, 1.165) is 0 Å². The minimum atomic E-state index is -2.23. The molecule has 3 rings (SSSR count). The van der Waals surface area contributed by atoms with Gasteiger partial charge in [-0.1, -0.05) is 0 Å². The van der Waals surface area contributed by atoms with Gasteiger partial charge in [0, 0.05) is 30.2 Å². The van der Waals surface area contributed by atoms with Crippen LogP contribution in [-0.4, -0.2) is 254 Å². The molecule has 3 fully saturated rings. The van der Waals surface area contributed by atoms with Crippen molar-refractivity contribution in [3.63, 3.8) is 0 Å². The lowest BCUT2D eigenvalue weighted by molar-refractivity contribution is -0.309. The van der Waals surface area contributed by atoms with Crippen molar-refractivity contribution in [3.8, 4) is 0 Å². The molecule has 0 aromatic heterocycles. The summed E-state index contributed by atoms with van der Waals surface area (Å²) in [5, 5.41) is 70.7. The van der Waals surface area contributed by atoms with Crippen molar-refractivity contribution >= 4 is 97.0 Å². The predicted molar refractivity (Wildman–Crippen MR) is 383 cm³/mol. The minimum Gasteiger partial charge on any atom is -0.444 e. The highest BCUT2D eigenvalue weighted by atomic mass is 32.2. The van der Waals surface area contributed by atoms with Crippen molar-refractivity contribution in [3.05, 3.63) is 0 Å². The third-order valence-electron chi connectivity index (χ3n) is 12.6. The van der Waals surface area contributed by atoms with Gasteiger partial charge in [0.25, 0.3) is 0 Å². The fourth-order valence-electron chi connectivity index (χ4n) is 9.15. The minimum absolute atomic E-state index is 0.0469. The number of thioether (sulfide) groups is 1. The van der Waals surface area contributed by atoms with Gasteiger partial charge in [0.1, 0.15) is 93.6 Å². The zero-order valence-corrected chi connectivity index (χ0v) is 65.9. The molecule has 2 aliphatic heterocycles. The smallest absolute Gasteiger partial charge is 0.437 e. The Bertz CT molecular complexity index is 3010. The van der Waals surface area contributed by atoms with Crippen LogP contribution in [0.4, 0.5) is 38.4 Å². The van der Waals surface area contributed by atoms with Gasteiger partial charge in [-0.15, -0.1) is 20.0 Å². The maximum Gasteiger partial charge on any atom is 0.437 e. The molecule has 104 heavy (non-hydrogen) atoms. The first kappa shape index (κ1) is 91.4. The van der Waals surface area contributed by atoms with Gasteiger partial charge in [-0.25, -0.2) is 38.4 Å². The molecule has 2 heterocycles. The predicted octanol–water partition coefficient (Wildman–Crippen LogP) is 5.85. The van der Waals surface area contributed by atoms with Gasteiger partial charge >= 0.3 is 48.7 Å². The van der Waals surface area contributed by atoms with E-state index in [1.807, 2.05) is 0 Å². The second kappa shape index (κ2) is 38.6. The number of alkyl carbamates (subject to hydrolysis) is 4. The van der Waals surface area contributed by atoms with Crippen LogP contribution in [0.3, 0.4) is 0 Å². The van der Waals surface area contributed by atoms with Gasteiger partial charge in [-0.05, 0) is 173 Å². The summed E-state index contributed by atoms with van der Waals surface area (Å²) in [4.78, 5) is 125. The molecule has 0 spiro atoms. The fourth-order valence-corrected chi connectivity index (χ4v) is 10.2. The maximum atomic E-state index is 13.9. The first-order chi connectivity index (χ1) is 47.3. The van der Waals surface area contributed by atoms with E-state index >= 15 is 0 Å². The number of amides is 8. The van der Waals surface area contributed by atoms with E-state index in [1.54, 1.807) is 104 Å². The highest BCUT2D eigenvalue weighted by Crippen LogP contribution is 2.35. The van der Waals surface area contributed by atoms with E-state index in [4.69, 9.17) is 61.6 Å². The topological polar surface area (TPSA) is 483 Å². The lowest BCUT2D eigenvalue weighted by atomic mass is 9.83. The highest BCUT2D eigenvalue weighted by Gasteiger charge is 2.54. The monoisotopic (exact) mass is 1530 g/mol. The fraction of sp³-hybridized carbons (Fsp3) is 0.815. The number of ether oxygens (including phenoxy) is 13. The van der Waals surface area contributed by atoms with Crippen molar-refractivity contribution in [2.75, 3.05) is 37.0 Å². The molecule has 39 heteroatoms. The number of aliphatic hydroxyl groups excluding tert-OH is 4. The summed E-state index contributed by atoms with van der Waals surface area (Å²) in [5.41, 5.74) is -9.26. The summed E-state index contributed by atoms with van der Waals surface area (Å²) in [6.45, 7) is 37.1. The van der Waals surface area contributed by atoms with Gasteiger partial charge in [-0.3, -0.25) is 21.3 Å². The van der Waals surface area contributed by atoms with Crippen LogP contribution in [0.25, 0.3) is 0 Å². The number of nitrogens with zero attached hydrogens (tertiary/aromatic N) is 4. The Kier molecular flexibility index (Phi) is 33.9. The van der Waals surface area contributed by atoms with E-state index in [-0.39, 0.29) is 12.2 Å². The third kappa shape index (κ3) is 37.4. The van der Waals surface area contributed by atoms with Crippen LogP contribution in [-0.2, 0) is 61.6 Å². The molecule has 0 bridgehead atoms. The van der Waals surface area contributed by atoms with E-state index in [1.165, 1.54) is 74.1 Å². The zero-order chi connectivity index (χ0) is 79.5. The van der Waals surface area contributed by atoms with Gasteiger partial charge in [-0.2, -0.15) is 24.4 Å². The van der Waals surface area contributed by atoms with Gasteiger partial charge in [0.2, 0.25) is 23.8 Å². The van der Waals surface area contributed by atoms with Crippen LogP contribution in [0.5, 0.6) is 0 Å². The SMILES string of the molecule is CC(C)(C)OC(=O)/N=C(/NCC1OC(OC2C(N/C(=N\C(=O)OC(C)(C)C)NC(=O)OC(C)(C)C)CC(N/C(=N\C(=O)OC(C)(C)C)NC(=O)OC(C)(C)C)C(O)C2OC2OC(CSCCOCCS)CC2O)C(N/C(=N/C(=O)OC(C)(C)C)NC(=O)OC(C)(C)C)C(O)C1O)NC(=O)OC(C)(C)C. The molecule has 2 saturated heterocycles. The van der Waals surface area contributed by atoms with Crippen LogP contribution in [0.1, 0.15) is 179 Å². The number of carbonyl (C=O) groups excluding carboxylic acids is 8. The van der Waals surface area contributed by atoms with E-state index in [2.05, 4.69) is 75.1 Å². The molecule has 596 valence electrons. The first-order valence-corrected chi connectivity index (χ1v) is 35.5. The number of rotatable bonds is 16. The number of carbonyl (C=O) groups is 8. The summed E-state index contributed by atoms with van der Waals surface area (Å²) in [6.07, 6.45) is -28.7. The molecule has 1 aliphatic carbocycles. The van der Waals surface area contributed by atoms with Gasteiger partial charge in [0.05, 0.1) is 31.4 Å².